The predicted octanol–water partition coefficient (Wildman–Crippen LogP) is 3.10. The molecule has 9 nitrogen and oxygen atoms in total. The van der Waals surface area contributed by atoms with Crippen LogP contribution in [-0.4, -0.2) is 52.1 Å². The maximum Gasteiger partial charge on any atom is 0.269 e. The summed E-state index contributed by atoms with van der Waals surface area (Å²) in [6.45, 7) is 0.413. The van der Waals surface area contributed by atoms with Gasteiger partial charge >= 0.3 is 0 Å². The smallest absolute Gasteiger partial charge is 0.269 e. The summed E-state index contributed by atoms with van der Waals surface area (Å²) in [7, 11) is 0.878. The van der Waals surface area contributed by atoms with Gasteiger partial charge in [-0.2, -0.15) is 4.31 Å². The minimum Gasteiger partial charge on any atom is -0.496 e. The molecule has 0 atom stereocenters. The van der Waals surface area contributed by atoms with Crippen molar-refractivity contribution in [2.75, 3.05) is 34.4 Å². The Morgan fingerprint density at radius 1 is 1.00 bits per heavy atom. The molecule has 0 aliphatic carbocycles. The second-order valence-electron chi connectivity index (χ2n) is 6.50. The highest BCUT2D eigenvalue weighted by Gasteiger charge is 2.28. The molecule has 0 radical (unpaired) electrons. The van der Waals surface area contributed by atoms with Crippen molar-refractivity contribution in [2.45, 2.75) is 11.3 Å². The van der Waals surface area contributed by atoms with Gasteiger partial charge in [-0.25, -0.2) is 8.42 Å². The lowest BCUT2D eigenvalue weighted by molar-refractivity contribution is -0.384. The number of rotatable bonds is 7. The van der Waals surface area contributed by atoms with Gasteiger partial charge in [0.05, 0.1) is 36.7 Å². The van der Waals surface area contributed by atoms with Crippen LogP contribution >= 0.6 is 0 Å². The van der Waals surface area contributed by atoms with Crippen LogP contribution in [0.25, 0.3) is 5.57 Å². The zero-order chi connectivity index (χ0) is 21.9. The number of benzene rings is 2. The van der Waals surface area contributed by atoms with E-state index in [0.717, 1.165) is 11.1 Å². The molecule has 0 saturated carbocycles. The Morgan fingerprint density at radius 3 is 2.03 bits per heavy atom. The number of methoxy groups -OCH3 is 3. The Balaban J connectivity index is 1.89. The number of ether oxygens (including phenoxy) is 3. The third-order valence-corrected chi connectivity index (χ3v) is 6.77. The molecule has 2 aromatic carbocycles. The van der Waals surface area contributed by atoms with Crippen molar-refractivity contribution in [2.24, 2.45) is 0 Å². The summed E-state index contributed by atoms with van der Waals surface area (Å²) in [5.41, 5.74) is 1.50. The fourth-order valence-corrected chi connectivity index (χ4v) is 4.69. The molecule has 10 heteroatoms. The van der Waals surface area contributed by atoms with Gasteiger partial charge in [0.25, 0.3) is 5.69 Å². The van der Waals surface area contributed by atoms with E-state index < -0.39 is 14.9 Å². The summed E-state index contributed by atoms with van der Waals surface area (Å²) in [4.78, 5) is 10.2. The summed E-state index contributed by atoms with van der Waals surface area (Å²) < 4.78 is 43.4. The molecule has 0 fully saturated rings. The Morgan fingerprint density at radius 2 is 1.60 bits per heavy atom. The number of sulfonamides is 1. The summed E-state index contributed by atoms with van der Waals surface area (Å²) in [5, 5.41) is 10.8. The predicted molar refractivity (Wildman–Crippen MR) is 111 cm³/mol. The molecule has 0 amide bonds. The molecule has 1 heterocycles. The van der Waals surface area contributed by atoms with Crippen LogP contribution in [0.3, 0.4) is 0 Å². The van der Waals surface area contributed by atoms with Crippen LogP contribution in [0, 0.1) is 10.1 Å². The van der Waals surface area contributed by atoms with Crippen LogP contribution in [0.1, 0.15) is 12.0 Å². The van der Waals surface area contributed by atoms with Crippen LogP contribution < -0.4 is 14.2 Å². The normalized spacial score (nSPS) is 14.7. The monoisotopic (exact) mass is 434 g/mol. The topological polar surface area (TPSA) is 108 Å². The fraction of sp³-hybridized carbons (Fsp3) is 0.300. The van der Waals surface area contributed by atoms with Crippen molar-refractivity contribution in [1.82, 2.24) is 4.31 Å². The zero-order valence-electron chi connectivity index (χ0n) is 16.8. The first kappa shape index (κ1) is 21.6. The van der Waals surface area contributed by atoms with Gasteiger partial charge in [-0.15, -0.1) is 0 Å². The van der Waals surface area contributed by atoms with Gasteiger partial charge in [-0.3, -0.25) is 10.1 Å². The third kappa shape index (κ3) is 4.10. The number of nitrogens with zero attached hydrogens (tertiary/aromatic N) is 2. The molecule has 0 N–H and O–H groups in total. The second kappa shape index (κ2) is 8.72. The van der Waals surface area contributed by atoms with Crippen LogP contribution in [-0.2, 0) is 10.0 Å². The Labute approximate surface area is 174 Å². The highest BCUT2D eigenvalue weighted by atomic mass is 32.2. The lowest BCUT2D eigenvalue weighted by atomic mass is 9.98. The van der Waals surface area contributed by atoms with Gasteiger partial charge in [0.2, 0.25) is 10.0 Å². The van der Waals surface area contributed by atoms with Crippen molar-refractivity contribution >= 4 is 21.3 Å². The molecule has 3 rings (SSSR count). The van der Waals surface area contributed by atoms with Crippen molar-refractivity contribution in [3.63, 3.8) is 0 Å². The van der Waals surface area contributed by atoms with Gasteiger partial charge < -0.3 is 14.2 Å². The summed E-state index contributed by atoms with van der Waals surface area (Å²) in [6.07, 6.45) is 2.27. The van der Waals surface area contributed by atoms with Crippen molar-refractivity contribution in [3.05, 3.63) is 58.2 Å². The summed E-state index contributed by atoms with van der Waals surface area (Å²) >= 11 is 0. The average Bonchev–Trinajstić information content (AvgIpc) is 2.78. The molecule has 1 aliphatic heterocycles. The van der Waals surface area contributed by atoms with E-state index >= 15 is 0 Å². The van der Waals surface area contributed by atoms with Crippen molar-refractivity contribution in [1.29, 1.82) is 0 Å². The molecule has 1 aliphatic rings. The Hall–Kier alpha value is -3.11. The molecule has 0 spiro atoms. The van der Waals surface area contributed by atoms with Crippen LogP contribution in [0.15, 0.2) is 47.4 Å². The first-order chi connectivity index (χ1) is 14.3. The molecule has 0 bridgehead atoms. The highest BCUT2D eigenvalue weighted by molar-refractivity contribution is 7.89. The number of nitro groups is 1. The molecular formula is C20H22N2O7S. The maximum absolute atomic E-state index is 12.9. The van der Waals surface area contributed by atoms with Gasteiger partial charge in [0.1, 0.15) is 17.2 Å². The number of hydrogen-bond acceptors (Lipinski definition) is 7. The van der Waals surface area contributed by atoms with E-state index in [-0.39, 0.29) is 23.7 Å². The third-order valence-electron chi connectivity index (χ3n) is 4.89. The lowest BCUT2D eigenvalue weighted by Crippen LogP contribution is -2.34. The highest BCUT2D eigenvalue weighted by Crippen LogP contribution is 2.41. The van der Waals surface area contributed by atoms with Gasteiger partial charge in [0, 0.05) is 37.4 Å². The Bertz CT molecular complexity index is 1050. The Kier molecular flexibility index (Phi) is 6.28. The fourth-order valence-electron chi connectivity index (χ4n) is 3.31. The quantitative estimate of drug-likeness (QED) is 0.487. The van der Waals surface area contributed by atoms with Gasteiger partial charge in [0.15, 0.2) is 0 Å². The van der Waals surface area contributed by atoms with Crippen molar-refractivity contribution in [3.8, 4) is 17.2 Å². The van der Waals surface area contributed by atoms with Crippen LogP contribution in [0.4, 0.5) is 5.69 Å². The van der Waals surface area contributed by atoms with E-state index in [9.17, 15) is 18.5 Å². The molecule has 0 unspecified atom stereocenters. The molecule has 2 aromatic rings. The maximum atomic E-state index is 12.9. The van der Waals surface area contributed by atoms with E-state index in [1.807, 2.05) is 6.08 Å². The second-order valence-corrected chi connectivity index (χ2v) is 8.44. The lowest BCUT2D eigenvalue weighted by Gasteiger charge is -2.27. The largest absolute Gasteiger partial charge is 0.496 e. The van der Waals surface area contributed by atoms with Gasteiger partial charge in [-0.05, 0) is 24.1 Å². The minimum atomic E-state index is -3.77. The standard InChI is InChI=1S/C20H22N2O7S/c1-27-16-12-18(28-2)20(19(13-16)29-3)14-8-10-21(11-9-14)30(25,26)17-6-4-15(5-7-17)22(23)24/h4-8,12-13H,9-11H2,1-3H3. The summed E-state index contributed by atoms with van der Waals surface area (Å²) in [6, 6.07) is 8.37. The van der Waals surface area contributed by atoms with Crippen LogP contribution in [0.2, 0.25) is 0 Å². The SMILES string of the molecule is COc1cc(OC)c(C2=CCN(S(=O)(=O)c3ccc([N+](=O)[O-])cc3)CC2)c(OC)c1. The number of nitro benzene ring substituents is 1. The number of hydrogen-bond donors (Lipinski definition) is 0. The first-order valence-electron chi connectivity index (χ1n) is 9.05. The first-order valence-corrected chi connectivity index (χ1v) is 10.5. The average molecular weight is 434 g/mol. The molecular weight excluding hydrogens is 412 g/mol. The minimum absolute atomic E-state index is 0.0181. The number of non-ortho nitro benzene ring substituents is 1. The van der Waals surface area contributed by atoms with E-state index in [4.69, 9.17) is 14.2 Å². The van der Waals surface area contributed by atoms with Gasteiger partial charge in [-0.1, -0.05) is 6.08 Å². The molecule has 160 valence electrons. The molecule has 30 heavy (non-hydrogen) atoms. The van der Waals surface area contributed by atoms with Crippen LogP contribution in [0.5, 0.6) is 17.2 Å². The van der Waals surface area contributed by atoms with E-state index in [1.165, 1.54) is 28.6 Å². The van der Waals surface area contributed by atoms with E-state index in [1.54, 1.807) is 33.5 Å². The molecule has 0 saturated heterocycles. The van der Waals surface area contributed by atoms with E-state index in [0.29, 0.717) is 23.7 Å². The van der Waals surface area contributed by atoms with Crippen molar-refractivity contribution < 1.29 is 27.6 Å². The zero-order valence-corrected chi connectivity index (χ0v) is 17.6. The molecule has 0 aromatic heterocycles. The van der Waals surface area contributed by atoms with E-state index in [2.05, 4.69) is 0 Å². The summed E-state index contributed by atoms with van der Waals surface area (Å²) in [5.74, 6) is 1.74.